The van der Waals surface area contributed by atoms with Crippen molar-refractivity contribution >= 4 is 18.4 Å². The third kappa shape index (κ3) is 5.89. The Kier molecular flexibility index (Phi) is 6.15. The summed E-state index contributed by atoms with van der Waals surface area (Å²) in [5.41, 5.74) is 6.12. The lowest BCUT2D eigenvalue weighted by Gasteiger charge is -2.22. The van der Waals surface area contributed by atoms with Crippen LogP contribution in [0.4, 0.5) is 0 Å². The van der Waals surface area contributed by atoms with Crippen LogP contribution >= 0.6 is 12.4 Å². The van der Waals surface area contributed by atoms with Gasteiger partial charge >= 0.3 is 5.97 Å². The summed E-state index contributed by atoms with van der Waals surface area (Å²) in [6.07, 6.45) is 0.398. The van der Waals surface area contributed by atoms with Crippen molar-refractivity contribution in [1.29, 1.82) is 0 Å². The van der Waals surface area contributed by atoms with Gasteiger partial charge in [0.2, 0.25) is 0 Å². The lowest BCUT2D eigenvalue weighted by Crippen LogP contribution is -2.38. The lowest BCUT2D eigenvalue weighted by atomic mass is 10.1. The summed E-state index contributed by atoms with van der Waals surface area (Å²) < 4.78 is 5.18. The van der Waals surface area contributed by atoms with E-state index in [9.17, 15) is 4.79 Å². The summed E-state index contributed by atoms with van der Waals surface area (Å²) in [7, 11) is 0. The van der Waals surface area contributed by atoms with Crippen LogP contribution in [0.1, 0.15) is 26.3 Å². The number of hydrogen-bond acceptors (Lipinski definition) is 4. The van der Waals surface area contributed by atoms with Gasteiger partial charge in [0.1, 0.15) is 17.4 Å². The molecular formula is C13H20ClNO3. The van der Waals surface area contributed by atoms with Crippen molar-refractivity contribution in [3.63, 3.8) is 0 Å². The van der Waals surface area contributed by atoms with Gasteiger partial charge in [0.15, 0.2) is 0 Å². The molecule has 1 atom stereocenters. The van der Waals surface area contributed by atoms with Gasteiger partial charge in [0.25, 0.3) is 0 Å². The molecule has 4 nitrogen and oxygen atoms in total. The Balaban J connectivity index is 0.00000289. The number of hydrogen-bond donors (Lipinski definition) is 2. The summed E-state index contributed by atoms with van der Waals surface area (Å²) >= 11 is 0. The van der Waals surface area contributed by atoms with Crippen molar-refractivity contribution < 1.29 is 14.6 Å². The number of halogens is 1. The van der Waals surface area contributed by atoms with Gasteiger partial charge in [-0.25, -0.2) is 0 Å². The van der Waals surface area contributed by atoms with Crippen LogP contribution < -0.4 is 5.73 Å². The van der Waals surface area contributed by atoms with Crippen molar-refractivity contribution in [1.82, 2.24) is 0 Å². The minimum absolute atomic E-state index is 0. The molecule has 0 aromatic heterocycles. The Hall–Kier alpha value is -1.26. The number of carbonyl (C=O) groups excluding carboxylic acids is 1. The Labute approximate surface area is 114 Å². The highest BCUT2D eigenvalue weighted by Crippen LogP contribution is 2.13. The number of nitrogens with two attached hydrogens (primary N) is 1. The molecule has 1 aromatic carbocycles. The highest BCUT2D eigenvalue weighted by Gasteiger charge is 2.22. The molecule has 3 N–H and O–H groups in total. The van der Waals surface area contributed by atoms with Crippen molar-refractivity contribution in [2.75, 3.05) is 0 Å². The molecule has 0 saturated heterocycles. The minimum atomic E-state index is -0.682. The SMILES string of the molecule is CC(C)(C)OC(=O)[C@H](N)Cc1ccc(O)cc1.Cl. The van der Waals surface area contributed by atoms with Crippen molar-refractivity contribution in [3.05, 3.63) is 29.8 Å². The van der Waals surface area contributed by atoms with Gasteiger partial charge in [0, 0.05) is 0 Å². The van der Waals surface area contributed by atoms with Crippen molar-refractivity contribution in [3.8, 4) is 5.75 Å². The largest absolute Gasteiger partial charge is 0.508 e. The van der Waals surface area contributed by atoms with E-state index in [1.54, 1.807) is 45.0 Å². The van der Waals surface area contributed by atoms with Gasteiger partial charge in [0.05, 0.1) is 0 Å². The first kappa shape index (κ1) is 16.7. The number of ether oxygens (including phenoxy) is 1. The van der Waals surface area contributed by atoms with E-state index >= 15 is 0 Å². The Morgan fingerprint density at radius 2 is 1.83 bits per heavy atom. The summed E-state index contributed by atoms with van der Waals surface area (Å²) in [4.78, 5) is 11.6. The predicted molar refractivity (Wildman–Crippen MR) is 72.9 cm³/mol. The molecular weight excluding hydrogens is 254 g/mol. The average Bonchev–Trinajstić information content (AvgIpc) is 2.19. The maximum Gasteiger partial charge on any atom is 0.323 e. The zero-order valence-corrected chi connectivity index (χ0v) is 11.7. The van der Waals surface area contributed by atoms with E-state index in [1.807, 2.05) is 0 Å². The van der Waals surface area contributed by atoms with Gasteiger partial charge in [-0.3, -0.25) is 4.79 Å². The smallest absolute Gasteiger partial charge is 0.323 e. The monoisotopic (exact) mass is 273 g/mol. The first-order valence-electron chi connectivity index (χ1n) is 5.54. The summed E-state index contributed by atoms with van der Waals surface area (Å²) in [5.74, 6) is -0.217. The molecule has 0 bridgehead atoms. The van der Waals surface area contributed by atoms with Crippen LogP contribution in [-0.4, -0.2) is 22.7 Å². The highest BCUT2D eigenvalue weighted by molar-refractivity contribution is 5.85. The Bertz CT molecular complexity index is 384. The number of esters is 1. The summed E-state index contributed by atoms with van der Waals surface area (Å²) in [5, 5.41) is 9.13. The Morgan fingerprint density at radius 3 is 2.28 bits per heavy atom. The summed E-state index contributed by atoms with van der Waals surface area (Å²) in [6.45, 7) is 5.41. The number of benzene rings is 1. The molecule has 0 spiro atoms. The molecule has 0 heterocycles. The molecule has 0 radical (unpaired) electrons. The molecule has 0 aliphatic rings. The van der Waals surface area contributed by atoms with Gasteiger partial charge in [-0.2, -0.15) is 0 Å². The van der Waals surface area contributed by atoms with Gasteiger partial charge < -0.3 is 15.6 Å². The first-order chi connectivity index (χ1) is 7.78. The van der Waals surface area contributed by atoms with E-state index in [1.165, 1.54) is 0 Å². The normalized spacial score (nSPS) is 12.4. The van der Waals surface area contributed by atoms with Crippen molar-refractivity contribution in [2.24, 2.45) is 5.73 Å². The van der Waals surface area contributed by atoms with Gasteiger partial charge in [-0.1, -0.05) is 12.1 Å². The van der Waals surface area contributed by atoms with Gasteiger partial charge in [-0.05, 0) is 44.9 Å². The molecule has 1 rings (SSSR count). The van der Waals surface area contributed by atoms with Crippen LogP contribution in [-0.2, 0) is 16.0 Å². The number of aromatic hydroxyl groups is 1. The minimum Gasteiger partial charge on any atom is -0.508 e. The summed E-state index contributed by atoms with van der Waals surface area (Å²) in [6, 6.07) is 5.92. The highest BCUT2D eigenvalue weighted by atomic mass is 35.5. The molecule has 0 amide bonds. The molecule has 5 heteroatoms. The molecule has 102 valence electrons. The standard InChI is InChI=1S/C13H19NO3.ClH/c1-13(2,3)17-12(16)11(14)8-9-4-6-10(15)7-5-9;/h4-7,11,15H,8,14H2,1-3H3;1H/t11-;/m1./s1. The second kappa shape index (κ2) is 6.61. The van der Waals surface area contributed by atoms with E-state index in [-0.39, 0.29) is 18.2 Å². The zero-order chi connectivity index (χ0) is 13.1. The maximum atomic E-state index is 11.6. The first-order valence-corrected chi connectivity index (χ1v) is 5.54. The van der Waals surface area contributed by atoms with E-state index in [0.29, 0.717) is 6.42 Å². The number of phenolic OH excluding ortho intramolecular Hbond substituents is 1. The number of rotatable bonds is 3. The lowest BCUT2D eigenvalue weighted by molar-refractivity contribution is -0.156. The second-order valence-electron chi connectivity index (χ2n) is 5.01. The molecule has 0 fully saturated rings. The third-order valence-electron chi connectivity index (χ3n) is 2.10. The second-order valence-corrected chi connectivity index (χ2v) is 5.01. The number of phenols is 1. The van der Waals surface area contributed by atoms with Crippen LogP contribution in [0.15, 0.2) is 24.3 Å². The fraction of sp³-hybridized carbons (Fsp3) is 0.462. The van der Waals surface area contributed by atoms with E-state index < -0.39 is 17.6 Å². The van der Waals surface area contributed by atoms with Crippen LogP contribution in [0, 0.1) is 0 Å². The van der Waals surface area contributed by atoms with Crippen LogP contribution in [0.5, 0.6) is 5.75 Å². The molecule has 0 saturated carbocycles. The molecule has 0 aliphatic carbocycles. The van der Waals surface area contributed by atoms with Crippen LogP contribution in [0.2, 0.25) is 0 Å². The van der Waals surface area contributed by atoms with E-state index in [0.717, 1.165) is 5.56 Å². The average molecular weight is 274 g/mol. The number of carbonyl (C=O) groups is 1. The quantitative estimate of drug-likeness (QED) is 0.827. The zero-order valence-electron chi connectivity index (χ0n) is 10.8. The van der Waals surface area contributed by atoms with E-state index in [4.69, 9.17) is 15.6 Å². The molecule has 0 unspecified atom stereocenters. The van der Waals surface area contributed by atoms with Crippen LogP contribution in [0.25, 0.3) is 0 Å². The van der Waals surface area contributed by atoms with Crippen LogP contribution in [0.3, 0.4) is 0 Å². The fourth-order valence-electron chi connectivity index (χ4n) is 1.35. The van der Waals surface area contributed by atoms with E-state index in [2.05, 4.69) is 0 Å². The van der Waals surface area contributed by atoms with Crippen molar-refractivity contribution in [2.45, 2.75) is 38.8 Å². The molecule has 0 aliphatic heterocycles. The maximum absolute atomic E-state index is 11.6. The third-order valence-corrected chi connectivity index (χ3v) is 2.10. The molecule has 18 heavy (non-hydrogen) atoms. The molecule has 1 aromatic rings. The van der Waals surface area contributed by atoms with Gasteiger partial charge in [-0.15, -0.1) is 12.4 Å². The fourth-order valence-corrected chi connectivity index (χ4v) is 1.35. The topological polar surface area (TPSA) is 72.5 Å². The predicted octanol–water partition coefficient (Wildman–Crippen LogP) is 2.03. The Morgan fingerprint density at radius 1 is 1.33 bits per heavy atom.